The van der Waals surface area contributed by atoms with Crippen LogP contribution in [0.25, 0.3) is 0 Å². The Morgan fingerprint density at radius 1 is 1.07 bits per heavy atom. The van der Waals surface area contributed by atoms with Crippen molar-refractivity contribution >= 4 is 5.91 Å². The zero-order valence-electron chi connectivity index (χ0n) is 17.7. The highest BCUT2D eigenvalue weighted by molar-refractivity contribution is 5.78. The van der Waals surface area contributed by atoms with Crippen LogP contribution in [0.15, 0.2) is 48.5 Å². The summed E-state index contributed by atoms with van der Waals surface area (Å²) in [5.74, 6) is -0.556. The average Bonchev–Trinajstić information content (AvgIpc) is 2.72. The molecule has 1 saturated heterocycles. The summed E-state index contributed by atoms with van der Waals surface area (Å²) in [6.07, 6.45) is 0.405. The fourth-order valence-electron chi connectivity index (χ4n) is 3.84. The molecule has 4 nitrogen and oxygen atoms in total. The number of nitrogens with zero attached hydrogens (tertiary/aromatic N) is 2. The van der Waals surface area contributed by atoms with E-state index in [2.05, 4.69) is 53.4 Å². The highest BCUT2D eigenvalue weighted by Gasteiger charge is 2.25. The van der Waals surface area contributed by atoms with Crippen LogP contribution < -0.4 is 5.32 Å². The molecule has 156 valence electrons. The molecular formula is C24H32FN3O. The molecule has 29 heavy (non-hydrogen) atoms. The molecule has 2 aromatic carbocycles. The summed E-state index contributed by atoms with van der Waals surface area (Å²) in [5, 5.41) is 3.13. The number of piperazine rings is 1. The molecule has 0 saturated carbocycles. The Labute approximate surface area is 173 Å². The number of carbonyl (C=O) groups is 1. The highest BCUT2D eigenvalue weighted by atomic mass is 19.1. The second-order valence-electron chi connectivity index (χ2n) is 8.21. The Kier molecular flexibility index (Phi) is 7.40. The minimum absolute atomic E-state index is 0.0282. The molecule has 2 aromatic rings. The number of rotatable bonds is 7. The molecule has 0 spiro atoms. The van der Waals surface area contributed by atoms with Crippen LogP contribution in [0.1, 0.15) is 29.7 Å². The number of hydrogen-bond acceptors (Lipinski definition) is 3. The Bertz CT molecular complexity index is 800. The van der Waals surface area contributed by atoms with Crippen LogP contribution in [0.2, 0.25) is 0 Å². The summed E-state index contributed by atoms with van der Waals surface area (Å²) in [6.45, 7) is 8.53. The molecule has 1 aliphatic rings. The first-order valence-electron chi connectivity index (χ1n) is 10.4. The van der Waals surface area contributed by atoms with Gasteiger partial charge in [-0.3, -0.25) is 9.69 Å². The SMILES string of the molecule is Cc1ccc(C(CNC(=O)C(C)Cc2ccccc2F)N2CCN(C)CC2)cc1. The van der Waals surface area contributed by atoms with Gasteiger partial charge in [-0.15, -0.1) is 0 Å². The second kappa shape index (κ2) is 9.99. The first kappa shape index (κ1) is 21.5. The quantitative estimate of drug-likeness (QED) is 0.778. The summed E-state index contributed by atoms with van der Waals surface area (Å²) < 4.78 is 13.9. The normalized spacial score (nSPS) is 17.7. The van der Waals surface area contributed by atoms with Crippen LogP contribution >= 0.6 is 0 Å². The van der Waals surface area contributed by atoms with Gasteiger partial charge in [0.25, 0.3) is 0 Å². The number of aryl methyl sites for hydroxylation is 1. The molecule has 0 bridgehead atoms. The van der Waals surface area contributed by atoms with E-state index in [1.165, 1.54) is 17.2 Å². The van der Waals surface area contributed by atoms with Crippen molar-refractivity contribution in [1.29, 1.82) is 0 Å². The van der Waals surface area contributed by atoms with E-state index in [-0.39, 0.29) is 23.7 Å². The molecule has 2 atom stereocenters. The van der Waals surface area contributed by atoms with Crippen molar-refractivity contribution in [3.63, 3.8) is 0 Å². The lowest BCUT2D eigenvalue weighted by Gasteiger charge is -2.38. The lowest BCUT2D eigenvalue weighted by Crippen LogP contribution is -2.49. The molecule has 1 aliphatic heterocycles. The molecule has 5 heteroatoms. The Morgan fingerprint density at radius 3 is 2.38 bits per heavy atom. The van der Waals surface area contributed by atoms with Crippen LogP contribution in [0, 0.1) is 18.7 Å². The molecule has 1 N–H and O–H groups in total. The van der Waals surface area contributed by atoms with Crippen molar-refractivity contribution in [2.24, 2.45) is 5.92 Å². The van der Waals surface area contributed by atoms with Gasteiger partial charge in [-0.1, -0.05) is 55.0 Å². The minimum Gasteiger partial charge on any atom is -0.354 e. The molecule has 1 fully saturated rings. The predicted molar refractivity (Wildman–Crippen MR) is 115 cm³/mol. The van der Waals surface area contributed by atoms with E-state index in [0.29, 0.717) is 18.5 Å². The number of carbonyl (C=O) groups excluding carboxylic acids is 1. The summed E-state index contributed by atoms with van der Waals surface area (Å²) >= 11 is 0. The number of likely N-dealkylation sites (N-methyl/N-ethyl adjacent to an activating group) is 1. The topological polar surface area (TPSA) is 35.6 Å². The predicted octanol–water partition coefficient (Wildman–Crippen LogP) is 3.42. The van der Waals surface area contributed by atoms with Crippen LogP contribution in [0.4, 0.5) is 4.39 Å². The van der Waals surface area contributed by atoms with E-state index < -0.39 is 0 Å². The van der Waals surface area contributed by atoms with Crippen LogP contribution in [0.5, 0.6) is 0 Å². The van der Waals surface area contributed by atoms with Crippen molar-refractivity contribution in [1.82, 2.24) is 15.1 Å². The van der Waals surface area contributed by atoms with Gasteiger partial charge in [-0.05, 0) is 37.6 Å². The van der Waals surface area contributed by atoms with Gasteiger partial charge in [0.1, 0.15) is 5.82 Å². The van der Waals surface area contributed by atoms with Crippen LogP contribution in [0.3, 0.4) is 0 Å². The maximum absolute atomic E-state index is 13.9. The number of benzene rings is 2. The second-order valence-corrected chi connectivity index (χ2v) is 8.21. The fraction of sp³-hybridized carbons (Fsp3) is 0.458. The van der Waals surface area contributed by atoms with Crippen molar-refractivity contribution in [3.8, 4) is 0 Å². The van der Waals surface area contributed by atoms with Crippen LogP contribution in [-0.2, 0) is 11.2 Å². The standard InChI is InChI=1S/C24H32FN3O/c1-18-8-10-20(11-9-18)23(28-14-12-27(3)13-15-28)17-26-24(29)19(2)16-21-6-4-5-7-22(21)25/h4-11,19,23H,12-17H2,1-3H3,(H,26,29). The van der Waals surface area contributed by atoms with Gasteiger partial charge in [-0.2, -0.15) is 0 Å². The van der Waals surface area contributed by atoms with E-state index in [1.807, 2.05) is 13.0 Å². The summed E-state index contributed by atoms with van der Waals surface area (Å²) in [4.78, 5) is 17.5. The fourth-order valence-corrected chi connectivity index (χ4v) is 3.84. The molecular weight excluding hydrogens is 365 g/mol. The van der Waals surface area contributed by atoms with E-state index in [9.17, 15) is 9.18 Å². The number of hydrogen-bond donors (Lipinski definition) is 1. The zero-order chi connectivity index (χ0) is 20.8. The Hall–Kier alpha value is -2.24. The molecule has 0 radical (unpaired) electrons. The Balaban J connectivity index is 1.65. The molecule has 2 unspecified atom stereocenters. The summed E-state index contributed by atoms with van der Waals surface area (Å²) in [5.41, 5.74) is 3.04. The third-order valence-corrected chi connectivity index (χ3v) is 5.84. The lowest BCUT2D eigenvalue weighted by atomic mass is 9.99. The van der Waals surface area contributed by atoms with Gasteiger partial charge in [-0.25, -0.2) is 4.39 Å². The first-order valence-corrected chi connectivity index (χ1v) is 10.4. The van der Waals surface area contributed by atoms with Gasteiger partial charge >= 0.3 is 0 Å². The van der Waals surface area contributed by atoms with E-state index in [4.69, 9.17) is 0 Å². The third-order valence-electron chi connectivity index (χ3n) is 5.84. The number of amides is 1. The molecule has 0 aromatic heterocycles. The minimum atomic E-state index is -0.280. The summed E-state index contributed by atoms with van der Waals surface area (Å²) in [7, 11) is 2.14. The monoisotopic (exact) mass is 397 g/mol. The average molecular weight is 398 g/mol. The van der Waals surface area contributed by atoms with Crippen LogP contribution in [-0.4, -0.2) is 55.5 Å². The lowest BCUT2D eigenvalue weighted by molar-refractivity contribution is -0.124. The Morgan fingerprint density at radius 2 is 1.72 bits per heavy atom. The van der Waals surface area contributed by atoms with Gasteiger partial charge in [0.15, 0.2) is 0 Å². The molecule has 1 amide bonds. The number of halogens is 1. The van der Waals surface area contributed by atoms with E-state index in [0.717, 1.165) is 26.2 Å². The van der Waals surface area contributed by atoms with Gasteiger partial charge in [0.05, 0.1) is 6.04 Å². The van der Waals surface area contributed by atoms with Crippen molar-refractivity contribution < 1.29 is 9.18 Å². The van der Waals surface area contributed by atoms with Crippen molar-refractivity contribution in [2.45, 2.75) is 26.3 Å². The maximum Gasteiger partial charge on any atom is 0.223 e. The molecule has 1 heterocycles. The highest BCUT2D eigenvalue weighted by Crippen LogP contribution is 2.22. The van der Waals surface area contributed by atoms with Crippen molar-refractivity contribution in [2.75, 3.05) is 39.8 Å². The van der Waals surface area contributed by atoms with Crippen molar-refractivity contribution in [3.05, 3.63) is 71.0 Å². The maximum atomic E-state index is 13.9. The third kappa shape index (κ3) is 5.87. The van der Waals surface area contributed by atoms with E-state index >= 15 is 0 Å². The van der Waals surface area contributed by atoms with Gasteiger partial charge < -0.3 is 10.2 Å². The summed E-state index contributed by atoms with van der Waals surface area (Å²) in [6, 6.07) is 15.4. The van der Waals surface area contributed by atoms with Gasteiger partial charge in [0.2, 0.25) is 5.91 Å². The van der Waals surface area contributed by atoms with Gasteiger partial charge in [0, 0.05) is 38.6 Å². The smallest absolute Gasteiger partial charge is 0.223 e. The first-order chi connectivity index (χ1) is 13.9. The largest absolute Gasteiger partial charge is 0.354 e. The number of nitrogens with one attached hydrogen (secondary N) is 1. The molecule has 3 rings (SSSR count). The van der Waals surface area contributed by atoms with E-state index in [1.54, 1.807) is 12.1 Å². The molecule has 0 aliphatic carbocycles. The zero-order valence-corrected chi connectivity index (χ0v) is 17.7.